The molecular weight excluding hydrogens is 334 g/mol. The summed E-state index contributed by atoms with van der Waals surface area (Å²) in [5.74, 6) is 0. The second-order valence-corrected chi connectivity index (χ2v) is 8.51. The van der Waals surface area contributed by atoms with Crippen molar-refractivity contribution in [2.45, 2.75) is 61.5 Å². The number of benzene rings is 1. The summed E-state index contributed by atoms with van der Waals surface area (Å²) in [6.45, 7) is 4.85. The minimum absolute atomic E-state index is 0.0542. The molecule has 8 heteroatoms. The number of rotatable bonds is 5. The van der Waals surface area contributed by atoms with E-state index in [1.807, 2.05) is 6.92 Å². The Balaban J connectivity index is 2.47. The summed E-state index contributed by atoms with van der Waals surface area (Å²) in [6, 6.07) is 5.13. The molecule has 4 N–H and O–H groups in total. The SMILES string of the molecule is Cc1ccc(S(=O)(=O)[C@H]2[C@H](O)[C@@H](CO)O[C@H](O)[C@@H]2NC(C)C)cc1. The Bertz CT molecular complexity index is 645. The fourth-order valence-electron chi connectivity index (χ4n) is 2.91. The van der Waals surface area contributed by atoms with E-state index in [1.54, 1.807) is 26.0 Å². The topological polar surface area (TPSA) is 116 Å². The molecule has 1 aliphatic rings. The van der Waals surface area contributed by atoms with Crippen molar-refractivity contribution < 1.29 is 28.5 Å². The second kappa shape index (κ2) is 7.47. The smallest absolute Gasteiger partial charge is 0.185 e. The highest BCUT2D eigenvalue weighted by molar-refractivity contribution is 7.92. The average molecular weight is 359 g/mol. The molecule has 1 aromatic carbocycles. The van der Waals surface area contributed by atoms with E-state index in [0.29, 0.717) is 0 Å². The van der Waals surface area contributed by atoms with Crippen LogP contribution in [0.2, 0.25) is 0 Å². The normalized spacial score (nSPS) is 31.4. The van der Waals surface area contributed by atoms with Gasteiger partial charge < -0.3 is 25.4 Å². The van der Waals surface area contributed by atoms with Gasteiger partial charge in [0.2, 0.25) is 0 Å². The van der Waals surface area contributed by atoms with Crippen molar-refractivity contribution >= 4 is 9.84 Å². The highest BCUT2D eigenvalue weighted by Crippen LogP contribution is 2.30. The Morgan fingerprint density at radius 3 is 2.29 bits per heavy atom. The molecule has 0 radical (unpaired) electrons. The van der Waals surface area contributed by atoms with E-state index in [1.165, 1.54) is 12.1 Å². The van der Waals surface area contributed by atoms with Crippen LogP contribution in [-0.4, -0.2) is 66.2 Å². The van der Waals surface area contributed by atoms with Gasteiger partial charge in [-0.05, 0) is 19.1 Å². The zero-order chi connectivity index (χ0) is 18.1. The third-order valence-electron chi connectivity index (χ3n) is 4.11. The van der Waals surface area contributed by atoms with Gasteiger partial charge >= 0.3 is 0 Å². The van der Waals surface area contributed by atoms with Crippen molar-refractivity contribution in [2.75, 3.05) is 6.61 Å². The van der Waals surface area contributed by atoms with Gasteiger partial charge in [0.1, 0.15) is 17.5 Å². The van der Waals surface area contributed by atoms with E-state index in [0.717, 1.165) is 5.56 Å². The number of aliphatic hydroxyl groups is 3. The number of hydrogen-bond donors (Lipinski definition) is 4. The molecule has 0 amide bonds. The van der Waals surface area contributed by atoms with Gasteiger partial charge in [0, 0.05) is 6.04 Å². The molecule has 1 heterocycles. The lowest BCUT2D eigenvalue weighted by Gasteiger charge is -2.43. The highest BCUT2D eigenvalue weighted by atomic mass is 32.2. The summed E-state index contributed by atoms with van der Waals surface area (Å²) in [4.78, 5) is 0.0542. The van der Waals surface area contributed by atoms with Crippen LogP contribution in [0.3, 0.4) is 0 Å². The van der Waals surface area contributed by atoms with Crippen LogP contribution in [0.25, 0.3) is 0 Å². The van der Waals surface area contributed by atoms with Crippen LogP contribution < -0.4 is 5.32 Å². The lowest BCUT2D eigenvalue weighted by Crippen LogP contribution is -2.66. The first-order chi connectivity index (χ1) is 11.2. The quantitative estimate of drug-likeness (QED) is 0.564. The fourth-order valence-corrected chi connectivity index (χ4v) is 4.88. The molecule has 0 aromatic heterocycles. The molecule has 1 aromatic rings. The number of hydrogen-bond acceptors (Lipinski definition) is 7. The van der Waals surface area contributed by atoms with Gasteiger partial charge in [-0.1, -0.05) is 31.5 Å². The van der Waals surface area contributed by atoms with E-state index < -0.39 is 46.2 Å². The van der Waals surface area contributed by atoms with E-state index in [9.17, 15) is 23.7 Å². The summed E-state index contributed by atoms with van der Waals surface area (Å²) in [7, 11) is -3.96. The van der Waals surface area contributed by atoms with Crippen molar-refractivity contribution in [3.63, 3.8) is 0 Å². The van der Waals surface area contributed by atoms with Crippen LogP contribution in [-0.2, 0) is 14.6 Å². The first-order valence-electron chi connectivity index (χ1n) is 7.87. The highest BCUT2D eigenvalue weighted by Gasteiger charge is 2.51. The summed E-state index contributed by atoms with van der Waals surface area (Å²) < 4.78 is 31.3. The maximum atomic E-state index is 13.1. The zero-order valence-electron chi connectivity index (χ0n) is 14.0. The molecule has 136 valence electrons. The molecule has 2 rings (SSSR count). The molecule has 0 bridgehead atoms. The number of aryl methyl sites for hydroxylation is 1. The molecule has 0 spiro atoms. The monoisotopic (exact) mass is 359 g/mol. The Kier molecular flexibility index (Phi) is 6.00. The Labute approximate surface area is 142 Å². The van der Waals surface area contributed by atoms with Crippen molar-refractivity contribution in [3.05, 3.63) is 29.8 Å². The number of nitrogens with one attached hydrogen (secondary N) is 1. The lowest BCUT2D eigenvalue weighted by atomic mass is 9.99. The van der Waals surface area contributed by atoms with Gasteiger partial charge in [0.25, 0.3) is 0 Å². The molecule has 24 heavy (non-hydrogen) atoms. The Morgan fingerprint density at radius 2 is 1.79 bits per heavy atom. The van der Waals surface area contributed by atoms with Crippen LogP contribution in [0, 0.1) is 6.92 Å². The molecule has 1 saturated heterocycles. The molecule has 0 saturated carbocycles. The molecular formula is C16H25NO6S. The van der Waals surface area contributed by atoms with Crippen molar-refractivity contribution in [3.8, 4) is 0 Å². The molecule has 1 aliphatic heterocycles. The van der Waals surface area contributed by atoms with Gasteiger partial charge in [0.05, 0.1) is 17.5 Å². The van der Waals surface area contributed by atoms with E-state index in [-0.39, 0.29) is 10.9 Å². The third-order valence-corrected chi connectivity index (χ3v) is 6.32. The zero-order valence-corrected chi connectivity index (χ0v) is 14.8. The number of sulfone groups is 1. The van der Waals surface area contributed by atoms with E-state index in [2.05, 4.69) is 5.32 Å². The molecule has 1 fully saturated rings. The first kappa shape index (κ1) is 19.3. The summed E-state index contributed by atoms with van der Waals surface area (Å²) in [5.41, 5.74) is 0.909. The first-order valence-corrected chi connectivity index (χ1v) is 9.42. The van der Waals surface area contributed by atoms with Crippen molar-refractivity contribution in [2.24, 2.45) is 0 Å². The Hall–Kier alpha value is -1.03. The predicted octanol–water partition coefficient (Wildman–Crippen LogP) is -0.426. The standard InChI is InChI=1S/C16H25NO6S/c1-9(2)17-13-15(14(19)12(8-18)23-16(13)20)24(21,22)11-6-4-10(3)5-7-11/h4-7,9,12-20H,8H2,1-3H3/t12-,13-,14-,15-,16+/m1/s1. The second-order valence-electron chi connectivity index (χ2n) is 6.41. The minimum atomic E-state index is -3.96. The van der Waals surface area contributed by atoms with Crippen LogP contribution in [0.15, 0.2) is 29.2 Å². The molecule has 0 unspecified atom stereocenters. The van der Waals surface area contributed by atoms with Gasteiger partial charge in [-0.2, -0.15) is 0 Å². The van der Waals surface area contributed by atoms with E-state index in [4.69, 9.17) is 4.74 Å². The van der Waals surface area contributed by atoms with Crippen LogP contribution in [0.1, 0.15) is 19.4 Å². The maximum Gasteiger partial charge on any atom is 0.185 e. The van der Waals surface area contributed by atoms with Crippen LogP contribution in [0.4, 0.5) is 0 Å². The van der Waals surface area contributed by atoms with Crippen LogP contribution in [0.5, 0.6) is 0 Å². The molecule has 5 atom stereocenters. The van der Waals surface area contributed by atoms with Crippen molar-refractivity contribution in [1.29, 1.82) is 0 Å². The third kappa shape index (κ3) is 3.79. The van der Waals surface area contributed by atoms with Gasteiger partial charge in [-0.3, -0.25) is 0 Å². The van der Waals surface area contributed by atoms with Gasteiger partial charge in [-0.25, -0.2) is 8.42 Å². The average Bonchev–Trinajstić information content (AvgIpc) is 2.50. The minimum Gasteiger partial charge on any atom is -0.394 e. The fraction of sp³-hybridized carbons (Fsp3) is 0.625. The maximum absolute atomic E-state index is 13.1. The number of aliphatic hydroxyl groups excluding tert-OH is 3. The summed E-state index contributed by atoms with van der Waals surface area (Å²) >= 11 is 0. The van der Waals surface area contributed by atoms with Gasteiger partial charge in [-0.15, -0.1) is 0 Å². The summed E-state index contributed by atoms with van der Waals surface area (Å²) in [6.07, 6.45) is -4.10. The number of ether oxygens (including phenoxy) is 1. The molecule has 7 nitrogen and oxygen atoms in total. The largest absolute Gasteiger partial charge is 0.394 e. The Morgan fingerprint density at radius 1 is 1.21 bits per heavy atom. The summed E-state index contributed by atoms with van der Waals surface area (Å²) in [5, 5.41) is 31.6. The predicted molar refractivity (Wildman–Crippen MR) is 88.2 cm³/mol. The lowest BCUT2D eigenvalue weighted by molar-refractivity contribution is -0.219. The molecule has 0 aliphatic carbocycles. The van der Waals surface area contributed by atoms with E-state index >= 15 is 0 Å². The van der Waals surface area contributed by atoms with Gasteiger partial charge in [0.15, 0.2) is 16.1 Å². The van der Waals surface area contributed by atoms with Crippen molar-refractivity contribution in [1.82, 2.24) is 5.32 Å². The van der Waals surface area contributed by atoms with Crippen LogP contribution >= 0.6 is 0 Å².